The Hall–Kier alpha value is -1.69. The standard InChI is InChI=1S/C12H20N4O2/c1-3-10(5-8-17)15-11(18)9-16(2)12-13-6-4-7-14-12/h4,6-7,10,17H,3,5,8-9H2,1-2H3,(H,15,18). The molecule has 1 unspecified atom stereocenters. The number of hydrogen-bond donors (Lipinski definition) is 2. The maximum absolute atomic E-state index is 11.8. The van der Waals surface area contributed by atoms with E-state index in [1.54, 1.807) is 30.4 Å². The average molecular weight is 252 g/mol. The van der Waals surface area contributed by atoms with Crippen molar-refractivity contribution in [1.82, 2.24) is 15.3 Å². The summed E-state index contributed by atoms with van der Waals surface area (Å²) in [5.41, 5.74) is 0. The first-order valence-corrected chi connectivity index (χ1v) is 6.05. The summed E-state index contributed by atoms with van der Waals surface area (Å²) in [5.74, 6) is 0.424. The van der Waals surface area contributed by atoms with Gasteiger partial charge in [0.2, 0.25) is 11.9 Å². The zero-order valence-corrected chi connectivity index (χ0v) is 10.8. The summed E-state index contributed by atoms with van der Waals surface area (Å²) in [6.45, 7) is 2.26. The van der Waals surface area contributed by atoms with Gasteiger partial charge in [-0.3, -0.25) is 4.79 Å². The van der Waals surface area contributed by atoms with Crippen LogP contribution in [-0.2, 0) is 4.79 Å². The monoisotopic (exact) mass is 252 g/mol. The van der Waals surface area contributed by atoms with Crippen molar-refractivity contribution in [3.63, 3.8) is 0 Å². The molecule has 0 bridgehead atoms. The van der Waals surface area contributed by atoms with Gasteiger partial charge >= 0.3 is 0 Å². The Labute approximate surface area is 107 Å². The molecule has 0 aromatic carbocycles. The number of amides is 1. The third-order valence-corrected chi connectivity index (χ3v) is 2.61. The van der Waals surface area contributed by atoms with Crippen molar-refractivity contribution >= 4 is 11.9 Å². The van der Waals surface area contributed by atoms with E-state index in [4.69, 9.17) is 5.11 Å². The Morgan fingerprint density at radius 1 is 1.50 bits per heavy atom. The molecule has 1 aromatic heterocycles. The molecular formula is C12H20N4O2. The molecule has 1 rings (SSSR count). The van der Waals surface area contributed by atoms with Crippen LogP contribution in [-0.4, -0.2) is 47.2 Å². The third kappa shape index (κ3) is 4.67. The Morgan fingerprint density at radius 2 is 2.17 bits per heavy atom. The van der Waals surface area contributed by atoms with Crippen LogP contribution in [0.1, 0.15) is 19.8 Å². The van der Waals surface area contributed by atoms with Crippen LogP contribution in [0, 0.1) is 0 Å². The molecule has 1 heterocycles. The molecule has 18 heavy (non-hydrogen) atoms. The summed E-state index contributed by atoms with van der Waals surface area (Å²) < 4.78 is 0. The molecule has 100 valence electrons. The minimum atomic E-state index is -0.0924. The van der Waals surface area contributed by atoms with E-state index >= 15 is 0 Å². The smallest absolute Gasteiger partial charge is 0.239 e. The lowest BCUT2D eigenvalue weighted by molar-refractivity contribution is -0.120. The van der Waals surface area contributed by atoms with Gasteiger partial charge in [0.15, 0.2) is 0 Å². The molecule has 1 amide bonds. The topological polar surface area (TPSA) is 78.4 Å². The van der Waals surface area contributed by atoms with Crippen LogP contribution in [0.25, 0.3) is 0 Å². The Morgan fingerprint density at radius 3 is 2.72 bits per heavy atom. The first kappa shape index (κ1) is 14.4. The Bertz CT molecular complexity index is 358. The van der Waals surface area contributed by atoms with E-state index in [1.807, 2.05) is 6.92 Å². The number of nitrogens with zero attached hydrogens (tertiary/aromatic N) is 3. The van der Waals surface area contributed by atoms with E-state index in [0.717, 1.165) is 6.42 Å². The van der Waals surface area contributed by atoms with Crippen LogP contribution in [0.5, 0.6) is 0 Å². The second-order valence-electron chi connectivity index (χ2n) is 4.09. The van der Waals surface area contributed by atoms with Gasteiger partial charge in [-0.05, 0) is 18.9 Å². The molecule has 0 aliphatic carbocycles. The molecule has 0 spiro atoms. The zero-order chi connectivity index (χ0) is 13.4. The fraction of sp³-hybridized carbons (Fsp3) is 0.583. The maximum atomic E-state index is 11.8. The van der Waals surface area contributed by atoms with Crippen LogP contribution in [0.3, 0.4) is 0 Å². The maximum Gasteiger partial charge on any atom is 0.239 e. The fourth-order valence-corrected chi connectivity index (χ4v) is 1.58. The third-order valence-electron chi connectivity index (χ3n) is 2.61. The molecular weight excluding hydrogens is 232 g/mol. The normalized spacial score (nSPS) is 11.9. The number of carbonyl (C=O) groups excluding carboxylic acids is 1. The largest absolute Gasteiger partial charge is 0.396 e. The number of carbonyl (C=O) groups is 1. The highest BCUT2D eigenvalue weighted by Crippen LogP contribution is 2.02. The summed E-state index contributed by atoms with van der Waals surface area (Å²) in [4.78, 5) is 21.6. The van der Waals surface area contributed by atoms with E-state index < -0.39 is 0 Å². The van der Waals surface area contributed by atoms with Crippen molar-refractivity contribution in [1.29, 1.82) is 0 Å². The van der Waals surface area contributed by atoms with Crippen molar-refractivity contribution < 1.29 is 9.90 Å². The molecule has 0 radical (unpaired) electrons. The number of anilines is 1. The number of aromatic nitrogens is 2. The first-order valence-electron chi connectivity index (χ1n) is 6.05. The van der Waals surface area contributed by atoms with Gasteiger partial charge in [-0.15, -0.1) is 0 Å². The molecule has 0 saturated heterocycles. The van der Waals surface area contributed by atoms with Gasteiger partial charge in [0, 0.05) is 32.1 Å². The number of aliphatic hydroxyl groups excluding tert-OH is 1. The van der Waals surface area contributed by atoms with Crippen molar-refractivity contribution in [3.8, 4) is 0 Å². The lowest BCUT2D eigenvalue weighted by Crippen LogP contribution is -2.41. The molecule has 0 fully saturated rings. The Kier molecular flexibility index (Phi) is 6.07. The molecule has 0 aliphatic heterocycles. The average Bonchev–Trinajstić information content (AvgIpc) is 2.39. The van der Waals surface area contributed by atoms with Gasteiger partial charge in [0.1, 0.15) is 0 Å². The number of rotatable bonds is 7. The van der Waals surface area contributed by atoms with Crippen LogP contribution in [0.2, 0.25) is 0 Å². The lowest BCUT2D eigenvalue weighted by atomic mass is 10.1. The summed E-state index contributed by atoms with van der Waals surface area (Å²) in [5, 5.41) is 11.7. The van der Waals surface area contributed by atoms with Crippen LogP contribution >= 0.6 is 0 Å². The van der Waals surface area contributed by atoms with E-state index in [0.29, 0.717) is 12.4 Å². The van der Waals surface area contributed by atoms with Gasteiger partial charge in [-0.1, -0.05) is 6.92 Å². The summed E-state index contributed by atoms with van der Waals surface area (Å²) in [7, 11) is 1.77. The minimum Gasteiger partial charge on any atom is -0.396 e. The number of nitrogens with one attached hydrogen (secondary N) is 1. The number of likely N-dealkylation sites (N-methyl/N-ethyl adjacent to an activating group) is 1. The molecule has 6 nitrogen and oxygen atoms in total. The summed E-state index contributed by atoms with van der Waals surface area (Å²) >= 11 is 0. The van der Waals surface area contributed by atoms with Gasteiger partial charge in [-0.2, -0.15) is 0 Å². The first-order chi connectivity index (χ1) is 8.67. The van der Waals surface area contributed by atoms with E-state index in [1.165, 1.54) is 0 Å². The quantitative estimate of drug-likeness (QED) is 0.724. The molecule has 6 heteroatoms. The van der Waals surface area contributed by atoms with Gasteiger partial charge < -0.3 is 15.3 Å². The highest BCUT2D eigenvalue weighted by atomic mass is 16.3. The highest BCUT2D eigenvalue weighted by molar-refractivity contribution is 5.80. The molecule has 2 N–H and O–H groups in total. The summed E-state index contributed by atoms with van der Waals surface area (Å²) in [6, 6.07) is 1.75. The highest BCUT2D eigenvalue weighted by Gasteiger charge is 2.13. The lowest BCUT2D eigenvalue weighted by Gasteiger charge is -2.19. The van der Waals surface area contributed by atoms with Crippen LogP contribution in [0.15, 0.2) is 18.5 Å². The van der Waals surface area contributed by atoms with Gasteiger partial charge in [-0.25, -0.2) is 9.97 Å². The molecule has 1 atom stereocenters. The van der Waals surface area contributed by atoms with Gasteiger partial charge in [0.25, 0.3) is 0 Å². The van der Waals surface area contributed by atoms with Crippen molar-refractivity contribution in [2.75, 3.05) is 25.1 Å². The van der Waals surface area contributed by atoms with Crippen LogP contribution in [0.4, 0.5) is 5.95 Å². The van der Waals surface area contributed by atoms with Crippen molar-refractivity contribution in [2.24, 2.45) is 0 Å². The van der Waals surface area contributed by atoms with Crippen molar-refractivity contribution in [3.05, 3.63) is 18.5 Å². The van der Waals surface area contributed by atoms with Gasteiger partial charge in [0.05, 0.1) is 6.54 Å². The Balaban J connectivity index is 2.44. The SMILES string of the molecule is CCC(CCO)NC(=O)CN(C)c1ncccn1. The van der Waals surface area contributed by atoms with Crippen LogP contribution < -0.4 is 10.2 Å². The molecule has 0 saturated carbocycles. The number of hydrogen-bond acceptors (Lipinski definition) is 5. The predicted molar refractivity (Wildman–Crippen MR) is 69.2 cm³/mol. The fourth-order valence-electron chi connectivity index (χ4n) is 1.58. The second-order valence-corrected chi connectivity index (χ2v) is 4.09. The predicted octanol–water partition coefficient (Wildman–Crippen LogP) is 0.190. The number of aliphatic hydroxyl groups is 1. The molecule has 0 aliphatic rings. The van der Waals surface area contributed by atoms with E-state index in [-0.39, 0.29) is 25.1 Å². The minimum absolute atomic E-state index is 0.0209. The summed E-state index contributed by atoms with van der Waals surface area (Å²) in [6.07, 6.45) is 4.65. The second kappa shape index (κ2) is 7.60. The van der Waals surface area contributed by atoms with E-state index in [9.17, 15) is 4.79 Å². The van der Waals surface area contributed by atoms with Crippen molar-refractivity contribution in [2.45, 2.75) is 25.8 Å². The van der Waals surface area contributed by atoms with E-state index in [2.05, 4.69) is 15.3 Å². The molecule has 1 aromatic rings. The zero-order valence-electron chi connectivity index (χ0n) is 10.8.